The van der Waals surface area contributed by atoms with Crippen LogP contribution >= 0.6 is 0 Å². The number of imide groups is 1. The van der Waals surface area contributed by atoms with Gasteiger partial charge in [0, 0.05) is 36.6 Å². The maximum atomic E-state index is 12.6. The Bertz CT molecular complexity index is 1190. The van der Waals surface area contributed by atoms with Gasteiger partial charge in [-0.25, -0.2) is 0 Å². The number of rotatable bonds is 7. The molecule has 7 heteroatoms. The summed E-state index contributed by atoms with van der Waals surface area (Å²) in [5, 5.41) is 0. The van der Waals surface area contributed by atoms with E-state index in [1.54, 1.807) is 0 Å². The van der Waals surface area contributed by atoms with Gasteiger partial charge in [0.05, 0.1) is 19.1 Å². The van der Waals surface area contributed by atoms with Crippen LogP contribution in [-0.4, -0.2) is 55.1 Å². The Hall–Kier alpha value is -3.61. The second-order valence-corrected chi connectivity index (χ2v) is 10.1. The fraction of sp³-hybridized carbons (Fsp3) is 0.414. The van der Waals surface area contributed by atoms with Gasteiger partial charge < -0.3 is 14.5 Å². The molecule has 1 unspecified atom stereocenters. The molecule has 190 valence electrons. The molecule has 0 saturated carbocycles. The number of carbonyl (C=O) groups excluding carboxylic acids is 3. The molecule has 7 nitrogen and oxygen atoms in total. The molecule has 0 N–H and O–H groups in total. The standard InChI is InChI=1S/C29H35N3O4/c1-18-11-20(3)28(21(4)12-18)30-15-24(32(17-30)29-22(5)13-19(2)14-23(29)6)16-36-27(35)9-10-31-25(33)7-8-26(31)34/h7-8,11-14,24H,9-10,15-17H2,1-6H3. The Morgan fingerprint density at radius 3 is 1.86 bits per heavy atom. The van der Waals surface area contributed by atoms with E-state index in [0.717, 1.165) is 11.4 Å². The lowest BCUT2D eigenvalue weighted by Crippen LogP contribution is -2.37. The summed E-state index contributed by atoms with van der Waals surface area (Å²) >= 11 is 0. The third kappa shape index (κ3) is 5.15. The van der Waals surface area contributed by atoms with E-state index in [2.05, 4.69) is 75.6 Å². The highest BCUT2D eigenvalue weighted by Gasteiger charge is 2.34. The van der Waals surface area contributed by atoms with Crippen LogP contribution in [0.4, 0.5) is 11.4 Å². The maximum absolute atomic E-state index is 12.6. The largest absolute Gasteiger partial charge is 0.463 e. The average molecular weight is 490 g/mol. The molecule has 0 radical (unpaired) electrons. The molecule has 2 aromatic rings. The summed E-state index contributed by atoms with van der Waals surface area (Å²) in [6, 6.07) is 8.75. The summed E-state index contributed by atoms with van der Waals surface area (Å²) < 4.78 is 5.70. The summed E-state index contributed by atoms with van der Waals surface area (Å²) in [4.78, 5) is 41.8. The minimum absolute atomic E-state index is 0.0195. The van der Waals surface area contributed by atoms with Crippen LogP contribution < -0.4 is 9.80 Å². The molecule has 4 rings (SSSR count). The van der Waals surface area contributed by atoms with Gasteiger partial charge in [-0.2, -0.15) is 0 Å². The lowest BCUT2D eigenvalue weighted by molar-refractivity contribution is -0.145. The Balaban J connectivity index is 1.53. The van der Waals surface area contributed by atoms with Gasteiger partial charge in [0.15, 0.2) is 0 Å². The summed E-state index contributed by atoms with van der Waals surface area (Å²) in [5.74, 6) is -1.19. The van der Waals surface area contributed by atoms with E-state index in [4.69, 9.17) is 4.74 Å². The molecule has 1 saturated heterocycles. The lowest BCUT2D eigenvalue weighted by Gasteiger charge is -2.29. The minimum atomic E-state index is -0.416. The van der Waals surface area contributed by atoms with Crippen molar-refractivity contribution in [2.45, 2.75) is 54.0 Å². The molecule has 0 aromatic heterocycles. The van der Waals surface area contributed by atoms with Crippen LogP contribution in [0.5, 0.6) is 0 Å². The van der Waals surface area contributed by atoms with Crippen LogP contribution in [0.2, 0.25) is 0 Å². The number of anilines is 2. The number of ether oxygens (including phenoxy) is 1. The highest BCUT2D eigenvalue weighted by atomic mass is 16.5. The van der Waals surface area contributed by atoms with Crippen molar-refractivity contribution in [2.24, 2.45) is 0 Å². The van der Waals surface area contributed by atoms with Crippen molar-refractivity contribution in [3.8, 4) is 0 Å². The summed E-state index contributed by atoms with van der Waals surface area (Å²) in [5.41, 5.74) is 9.71. The summed E-state index contributed by atoms with van der Waals surface area (Å²) in [6.45, 7) is 14.4. The van der Waals surface area contributed by atoms with Crippen LogP contribution in [0.1, 0.15) is 39.8 Å². The van der Waals surface area contributed by atoms with Crippen molar-refractivity contribution in [1.29, 1.82) is 0 Å². The molecule has 2 aromatic carbocycles. The second kappa shape index (κ2) is 10.2. The van der Waals surface area contributed by atoms with Crippen LogP contribution in [0.15, 0.2) is 36.4 Å². The number of nitrogens with zero attached hydrogens (tertiary/aromatic N) is 3. The topological polar surface area (TPSA) is 70.2 Å². The van der Waals surface area contributed by atoms with Crippen LogP contribution in [0.25, 0.3) is 0 Å². The van der Waals surface area contributed by atoms with Crippen molar-refractivity contribution in [2.75, 3.05) is 36.2 Å². The Kier molecular flexibility index (Phi) is 7.20. The first-order chi connectivity index (χ1) is 17.0. The predicted molar refractivity (Wildman–Crippen MR) is 141 cm³/mol. The first kappa shape index (κ1) is 25.5. The highest BCUT2D eigenvalue weighted by Crippen LogP contribution is 2.35. The van der Waals surface area contributed by atoms with Gasteiger partial charge in [-0.1, -0.05) is 35.4 Å². The molecule has 36 heavy (non-hydrogen) atoms. The smallest absolute Gasteiger partial charge is 0.307 e. The monoisotopic (exact) mass is 489 g/mol. The van der Waals surface area contributed by atoms with Gasteiger partial charge in [0.2, 0.25) is 0 Å². The Morgan fingerprint density at radius 1 is 0.833 bits per heavy atom. The first-order valence-electron chi connectivity index (χ1n) is 12.4. The van der Waals surface area contributed by atoms with Crippen LogP contribution in [0, 0.1) is 41.5 Å². The van der Waals surface area contributed by atoms with E-state index in [9.17, 15) is 14.4 Å². The van der Waals surface area contributed by atoms with E-state index < -0.39 is 5.97 Å². The second-order valence-electron chi connectivity index (χ2n) is 10.1. The fourth-order valence-electron chi connectivity index (χ4n) is 5.68. The van der Waals surface area contributed by atoms with Crippen LogP contribution in [0.3, 0.4) is 0 Å². The number of aryl methyl sites for hydroxylation is 6. The number of hydrogen-bond donors (Lipinski definition) is 0. The Morgan fingerprint density at radius 2 is 1.33 bits per heavy atom. The van der Waals surface area contributed by atoms with E-state index in [1.807, 2.05) is 0 Å². The molecular weight excluding hydrogens is 454 g/mol. The molecule has 0 bridgehead atoms. The fourth-order valence-corrected chi connectivity index (χ4v) is 5.68. The highest BCUT2D eigenvalue weighted by molar-refractivity contribution is 6.13. The van der Waals surface area contributed by atoms with Gasteiger partial charge >= 0.3 is 5.97 Å². The molecule has 2 heterocycles. The third-order valence-electron chi connectivity index (χ3n) is 6.95. The predicted octanol–water partition coefficient (Wildman–Crippen LogP) is 4.05. The van der Waals surface area contributed by atoms with E-state index in [-0.39, 0.29) is 37.4 Å². The van der Waals surface area contributed by atoms with E-state index >= 15 is 0 Å². The van der Waals surface area contributed by atoms with E-state index in [1.165, 1.54) is 56.9 Å². The maximum Gasteiger partial charge on any atom is 0.307 e. The normalized spacial score (nSPS) is 17.5. The SMILES string of the molecule is Cc1cc(C)c(N2CC(COC(=O)CCN3C(=O)C=CC3=O)N(c3c(C)cc(C)cc3C)C2)c(C)c1. The lowest BCUT2D eigenvalue weighted by atomic mass is 10.0. The first-order valence-corrected chi connectivity index (χ1v) is 12.4. The van der Waals surface area contributed by atoms with Gasteiger partial charge in [-0.05, 0) is 63.8 Å². The molecule has 0 spiro atoms. The summed E-state index contributed by atoms with van der Waals surface area (Å²) in [6.07, 6.45) is 2.42. The quantitative estimate of drug-likeness (QED) is 0.432. The molecule has 2 amide bonds. The molecule has 1 atom stereocenters. The van der Waals surface area contributed by atoms with Crippen molar-refractivity contribution in [3.63, 3.8) is 0 Å². The third-order valence-corrected chi connectivity index (χ3v) is 6.95. The van der Waals surface area contributed by atoms with Crippen molar-refractivity contribution in [1.82, 2.24) is 4.90 Å². The summed E-state index contributed by atoms with van der Waals surface area (Å²) in [7, 11) is 0. The molecular formula is C29H35N3O4. The molecule has 2 aliphatic heterocycles. The van der Waals surface area contributed by atoms with Crippen molar-refractivity contribution < 1.29 is 19.1 Å². The van der Waals surface area contributed by atoms with Crippen molar-refractivity contribution in [3.05, 3.63) is 69.8 Å². The van der Waals surface area contributed by atoms with Gasteiger partial charge in [-0.3, -0.25) is 19.3 Å². The van der Waals surface area contributed by atoms with Gasteiger partial charge in [0.25, 0.3) is 11.8 Å². The zero-order chi connectivity index (χ0) is 26.1. The zero-order valence-electron chi connectivity index (χ0n) is 22.1. The Labute approximate surface area is 213 Å². The molecule has 1 fully saturated rings. The van der Waals surface area contributed by atoms with Gasteiger partial charge in [0.1, 0.15) is 6.61 Å². The molecule has 0 aliphatic carbocycles. The van der Waals surface area contributed by atoms with E-state index in [0.29, 0.717) is 6.67 Å². The van der Waals surface area contributed by atoms with Crippen molar-refractivity contribution >= 4 is 29.2 Å². The number of amides is 2. The van der Waals surface area contributed by atoms with Gasteiger partial charge in [-0.15, -0.1) is 0 Å². The number of carbonyl (C=O) groups is 3. The zero-order valence-corrected chi connectivity index (χ0v) is 22.1. The average Bonchev–Trinajstić information content (AvgIpc) is 3.32. The number of esters is 1. The minimum Gasteiger partial charge on any atom is -0.463 e. The number of benzene rings is 2. The van der Waals surface area contributed by atoms with Crippen LogP contribution in [-0.2, 0) is 19.1 Å². The number of hydrogen-bond acceptors (Lipinski definition) is 6. The molecule has 2 aliphatic rings.